The van der Waals surface area contributed by atoms with E-state index in [2.05, 4.69) is 24.5 Å². The number of nitrogens with two attached hydrogens (primary N) is 1. The van der Waals surface area contributed by atoms with E-state index < -0.39 is 54.7 Å². The van der Waals surface area contributed by atoms with Crippen LogP contribution in [0.15, 0.2) is 0 Å². The number of aliphatic hydroxyl groups is 3. The Hall–Kier alpha value is -1.79. The summed E-state index contributed by atoms with van der Waals surface area (Å²) in [6, 6.07) is -1.85. The second kappa shape index (κ2) is 35.8. The lowest BCUT2D eigenvalue weighted by molar-refractivity contribution is -0.280. The van der Waals surface area contributed by atoms with E-state index in [0.29, 0.717) is 12.8 Å². The van der Waals surface area contributed by atoms with E-state index in [4.69, 9.17) is 10.5 Å². The predicted octanol–water partition coefficient (Wildman–Crippen LogP) is 9.46. The van der Waals surface area contributed by atoms with Gasteiger partial charge in [0.25, 0.3) is 0 Å². The second-order valence-corrected chi connectivity index (χ2v) is 17.9. The molecule has 0 saturated carbocycles. The van der Waals surface area contributed by atoms with Gasteiger partial charge >= 0.3 is 0 Å². The van der Waals surface area contributed by atoms with Crippen LogP contribution < -0.4 is 16.4 Å². The maximum Gasteiger partial charge on any atom is 0.245 e. The molecule has 0 aromatic rings. The number of nitrogens with one attached hydrogen (secondary N) is 2. The molecule has 1 fully saturated rings. The van der Waals surface area contributed by atoms with Crippen LogP contribution >= 0.6 is 0 Å². The average molecular weight is 839 g/mol. The lowest BCUT2D eigenvalue weighted by Crippen LogP contribution is -2.72. The number of unbranched alkanes of at least 4 members (excludes halogenated alkanes) is 29. The van der Waals surface area contributed by atoms with E-state index >= 15 is 0 Å². The molecule has 0 aromatic carbocycles. The molecule has 0 aromatic heterocycles. The summed E-state index contributed by atoms with van der Waals surface area (Å²) in [7, 11) is 0. The van der Waals surface area contributed by atoms with Gasteiger partial charge < -0.3 is 36.4 Å². The van der Waals surface area contributed by atoms with Crippen molar-refractivity contribution in [1.82, 2.24) is 15.5 Å². The van der Waals surface area contributed by atoms with Crippen LogP contribution in [-0.4, -0.2) is 87.3 Å². The number of amides is 3. The van der Waals surface area contributed by atoms with Crippen LogP contribution in [0.5, 0.6) is 0 Å². The van der Waals surface area contributed by atoms with Crippen LogP contribution in [0, 0.1) is 0 Å². The summed E-state index contributed by atoms with van der Waals surface area (Å²) in [6.45, 7) is 7.21. The molecule has 0 spiro atoms. The normalized spacial score (nSPS) is 20.3. The van der Waals surface area contributed by atoms with Crippen LogP contribution in [0.25, 0.3) is 0 Å². The SMILES string of the molecule is CCCCCCCCCCCCCCCCCCN(C(=O)CCCCCCCCCCCCCCCCC)[C@@]1(NC(=O)[C@@H](C)NC(=O)[C@@H](C)N)C[C@@H](O)[C@H](O)[C@@H](CO)O1. The molecule has 348 valence electrons. The molecule has 11 nitrogen and oxygen atoms in total. The Labute approximate surface area is 361 Å². The van der Waals surface area contributed by atoms with Gasteiger partial charge in [0.15, 0.2) is 0 Å². The highest BCUT2D eigenvalue weighted by atomic mass is 16.6. The fourth-order valence-electron chi connectivity index (χ4n) is 8.31. The number of carbonyl (C=O) groups is 3. The first-order valence-electron chi connectivity index (χ1n) is 24.9. The summed E-state index contributed by atoms with van der Waals surface area (Å²) >= 11 is 0. The summed E-state index contributed by atoms with van der Waals surface area (Å²) in [6.07, 6.45) is 33.8. The zero-order chi connectivity index (χ0) is 43.6. The second-order valence-electron chi connectivity index (χ2n) is 17.9. The molecule has 0 radical (unpaired) electrons. The first-order valence-corrected chi connectivity index (χ1v) is 24.9. The van der Waals surface area contributed by atoms with E-state index in [0.717, 1.165) is 38.5 Å². The molecule has 1 heterocycles. The van der Waals surface area contributed by atoms with Gasteiger partial charge in [0.05, 0.1) is 18.8 Å². The highest BCUT2D eigenvalue weighted by Gasteiger charge is 2.52. The summed E-state index contributed by atoms with van der Waals surface area (Å²) < 4.78 is 6.25. The molecule has 0 unspecified atom stereocenters. The third-order valence-electron chi connectivity index (χ3n) is 12.2. The Morgan fingerprint density at radius 1 is 0.627 bits per heavy atom. The molecule has 1 aliphatic rings. The summed E-state index contributed by atoms with van der Waals surface area (Å²) in [5, 5.41) is 37.3. The van der Waals surface area contributed by atoms with Crippen molar-refractivity contribution < 1.29 is 34.4 Å². The Kier molecular flexibility index (Phi) is 33.5. The summed E-state index contributed by atoms with van der Waals surface area (Å²) in [4.78, 5) is 41.7. The van der Waals surface area contributed by atoms with Crippen LogP contribution in [0.3, 0.4) is 0 Å². The largest absolute Gasteiger partial charge is 0.394 e. The molecule has 59 heavy (non-hydrogen) atoms. The van der Waals surface area contributed by atoms with E-state index in [1.54, 1.807) is 0 Å². The smallest absolute Gasteiger partial charge is 0.245 e. The Balaban J connectivity index is 2.76. The van der Waals surface area contributed by atoms with Crippen molar-refractivity contribution in [2.45, 2.75) is 276 Å². The van der Waals surface area contributed by atoms with Crippen LogP contribution in [0.1, 0.15) is 240 Å². The van der Waals surface area contributed by atoms with Crippen molar-refractivity contribution in [2.24, 2.45) is 5.73 Å². The number of ether oxygens (including phenoxy) is 1. The highest BCUT2D eigenvalue weighted by molar-refractivity contribution is 5.89. The lowest BCUT2D eigenvalue weighted by atomic mass is 9.96. The van der Waals surface area contributed by atoms with E-state index in [1.165, 1.54) is 166 Å². The predicted molar refractivity (Wildman–Crippen MR) is 242 cm³/mol. The quantitative estimate of drug-likeness (QED) is 0.0262. The van der Waals surface area contributed by atoms with Gasteiger partial charge in [-0.1, -0.05) is 200 Å². The topological polar surface area (TPSA) is 174 Å². The van der Waals surface area contributed by atoms with E-state index in [9.17, 15) is 29.7 Å². The zero-order valence-electron chi connectivity index (χ0n) is 38.6. The molecule has 7 N–H and O–H groups in total. The molecular formula is C48H94N4O7. The van der Waals surface area contributed by atoms with Gasteiger partial charge in [-0.25, -0.2) is 0 Å². The van der Waals surface area contributed by atoms with E-state index in [-0.39, 0.29) is 25.3 Å². The maximum absolute atomic E-state index is 14.2. The molecule has 0 bridgehead atoms. The molecule has 3 amide bonds. The molecule has 11 heteroatoms. The van der Waals surface area contributed by atoms with Gasteiger partial charge in [0.1, 0.15) is 18.2 Å². The number of nitrogens with zero attached hydrogens (tertiary/aromatic N) is 1. The van der Waals surface area contributed by atoms with Crippen molar-refractivity contribution >= 4 is 17.7 Å². The third-order valence-corrected chi connectivity index (χ3v) is 12.2. The first kappa shape index (κ1) is 55.2. The zero-order valence-corrected chi connectivity index (χ0v) is 38.6. The fraction of sp³-hybridized carbons (Fsp3) is 0.938. The molecular weight excluding hydrogens is 745 g/mol. The van der Waals surface area contributed by atoms with Crippen LogP contribution in [0.4, 0.5) is 0 Å². The van der Waals surface area contributed by atoms with Crippen molar-refractivity contribution in [3.05, 3.63) is 0 Å². The average Bonchev–Trinajstić information content (AvgIpc) is 3.21. The Morgan fingerprint density at radius 2 is 1.00 bits per heavy atom. The van der Waals surface area contributed by atoms with Crippen molar-refractivity contribution in [1.29, 1.82) is 0 Å². The van der Waals surface area contributed by atoms with Gasteiger partial charge in [-0.2, -0.15) is 0 Å². The third kappa shape index (κ3) is 25.7. The van der Waals surface area contributed by atoms with Gasteiger partial charge in [0, 0.05) is 19.4 Å². The Bertz CT molecular complexity index is 1050. The van der Waals surface area contributed by atoms with Crippen LogP contribution in [0.2, 0.25) is 0 Å². The summed E-state index contributed by atoms with van der Waals surface area (Å²) in [5.74, 6) is -3.17. The van der Waals surface area contributed by atoms with Crippen LogP contribution in [-0.2, 0) is 19.1 Å². The fourth-order valence-corrected chi connectivity index (χ4v) is 8.31. The number of hydrogen-bond acceptors (Lipinski definition) is 8. The number of rotatable bonds is 39. The molecule has 0 aliphatic carbocycles. The minimum Gasteiger partial charge on any atom is -0.394 e. The maximum atomic E-state index is 14.2. The van der Waals surface area contributed by atoms with E-state index in [1.807, 2.05) is 0 Å². The number of aliphatic hydroxyl groups excluding tert-OH is 3. The molecule has 1 saturated heterocycles. The Morgan fingerprint density at radius 3 is 1.37 bits per heavy atom. The standard InChI is InChI=1S/C48H94N4O7/c1-5-7-9-11-13-15-17-19-21-23-25-27-29-31-33-35-37-52(44(55)36-34-32-30-28-26-24-22-20-18-16-14-12-10-8-6-2)48(38-42(54)45(56)43(39-53)59-48)51-47(58)41(4)50-46(57)40(3)49/h40-43,45,53-54,56H,5-39,49H2,1-4H3,(H,50,57)(H,51,58)/t40-,41-,42-,43-,45+,48+/m1/s1. The number of hydrogen-bond donors (Lipinski definition) is 6. The van der Waals surface area contributed by atoms with Crippen molar-refractivity contribution in [3.8, 4) is 0 Å². The van der Waals surface area contributed by atoms with Gasteiger partial charge in [0.2, 0.25) is 23.6 Å². The minimum atomic E-state index is -1.82. The van der Waals surface area contributed by atoms with Crippen molar-refractivity contribution in [3.63, 3.8) is 0 Å². The minimum absolute atomic E-state index is 0.214. The van der Waals surface area contributed by atoms with Crippen molar-refractivity contribution in [2.75, 3.05) is 13.2 Å². The molecule has 6 atom stereocenters. The molecule has 1 aliphatic heterocycles. The van der Waals surface area contributed by atoms with Gasteiger partial charge in [-0.05, 0) is 26.7 Å². The summed E-state index contributed by atoms with van der Waals surface area (Å²) in [5.41, 5.74) is 5.72. The first-order chi connectivity index (χ1) is 28.5. The van der Waals surface area contributed by atoms with Gasteiger partial charge in [-0.3, -0.25) is 19.3 Å². The van der Waals surface area contributed by atoms with Gasteiger partial charge in [-0.15, -0.1) is 0 Å². The number of carbonyl (C=O) groups excluding carboxylic acids is 3. The lowest BCUT2D eigenvalue weighted by Gasteiger charge is -2.51. The molecule has 1 rings (SSSR count). The highest BCUT2D eigenvalue weighted by Crippen LogP contribution is 2.33. The monoisotopic (exact) mass is 839 g/mol.